The van der Waals surface area contributed by atoms with Crippen molar-refractivity contribution in [2.24, 2.45) is 0 Å². The first-order chi connectivity index (χ1) is 26.6. The van der Waals surface area contributed by atoms with Gasteiger partial charge in [0.2, 0.25) is 0 Å². The van der Waals surface area contributed by atoms with Crippen LogP contribution in [0.4, 0.5) is 0 Å². The zero-order valence-electron chi connectivity index (χ0n) is 33.6. The quantitative estimate of drug-likeness (QED) is 0.180. The molecule has 9 aromatic rings. The molecule has 0 saturated heterocycles. The van der Waals surface area contributed by atoms with Crippen LogP contribution in [0.5, 0.6) is 0 Å². The van der Waals surface area contributed by atoms with Crippen molar-refractivity contribution in [2.45, 2.75) is 6.42 Å². The van der Waals surface area contributed by atoms with E-state index in [1.807, 2.05) is 109 Å². The molecule has 0 aliphatic carbocycles. The first-order valence-electron chi connectivity index (χ1n) is 19.7. The second-order valence-corrected chi connectivity index (χ2v) is 11.3. The molecule has 1 nitrogen and oxygen atoms in total. The molecule has 0 bridgehead atoms. The van der Waals surface area contributed by atoms with Crippen molar-refractivity contribution in [3.05, 3.63) is 181 Å². The van der Waals surface area contributed by atoms with Gasteiger partial charge >= 0.3 is 0 Å². The highest BCUT2D eigenvalue weighted by Crippen LogP contribution is 2.46. The van der Waals surface area contributed by atoms with Gasteiger partial charge in [0.05, 0.1) is 12.3 Å². The number of hydrogen-bond donors (Lipinski definition) is 0. The third kappa shape index (κ3) is 4.32. The fraction of sp³-hybridized carbons (Fsp3) is 0.0222. The Balaban J connectivity index is 1.41. The van der Waals surface area contributed by atoms with E-state index in [9.17, 15) is 0 Å². The summed E-state index contributed by atoms with van der Waals surface area (Å²) in [5.74, 6) is 0. The lowest BCUT2D eigenvalue weighted by Gasteiger charge is -2.20. The van der Waals surface area contributed by atoms with E-state index >= 15 is 0 Å². The van der Waals surface area contributed by atoms with Gasteiger partial charge in [-0.2, -0.15) is 0 Å². The maximum atomic E-state index is 9.13. The van der Waals surface area contributed by atoms with Gasteiger partial charge in [-0.05, 0) is 90.7 Å². The summed E-state index contributed by atoms with van der Waals surface area (Å²) < 4.78 is 85.1. The van der Waals surface area contributed by atoms with E-state index < -0.39 is 18.1 Å². The molecular formula is C45H30O. The summed E-state index contributed by atoms with van der Waals surface area (Å²) in [6.07, 6.45) is 0.198. The second kappa shape index (κ2) is 10.9. The van der Waals surface area contributed by atoms with Crippen LogP contribution in [0.15, 0.2) is 174 Å². The lowest BCUT2D eigenvalue weighted by molar-refractivity contribution is 0.669. The summed E-state index contributed by atoms with van der Waals surface area (Å²) in [6, 6.07) is 33.7. The number of fused-ring (bicyclic) bond motifs is 5. The number of rotatable bonds is 5. The van der Waals surface area contributed by atoms with Gasteiger partial charge in [0.25, 0.3) is 0 Å². The smallest absolute Gasteiger partial charge is 0.136 e. The second-order valence-electron chi connectivity index (χ2n) is 11.3. The van der Waals surface area contributed by atoms with Gasteiger partial charge in [0.15, 0.2) is 0 Å². The minimum absolute atomic E-state index is 0.0633. The Morgan fingerprint density at radius 1 is 0.435 bits per heavy atom. The molecule has 0 N–H and O–H groups in total. The minimum atomic E-state index is -0.473. The van der Waals surface area contributed by atoms with Gasteiger partial charge in [-0.15, -0.1) is 0 Å². The standard InChI is InChI=1S/C45H30O/c1-3-15-30(16-4-1)33-20-8-7-19-32(33)27-40-34-21-9-11-24-37(34)45(38-25-12-10-22-35(38)40)42-28-41-36-23-13-14-26-43(36)46-44(41)29-39(42)31-17-5-2-6-18-31/h1-26,28-29H,27H2/i2D,5D,6D,7D,8D,17D,18D,19D,20D. The van der Waals surface area contributed by atoms with Crippen LogP contribution >= 0.6 is 0 Å². The molecule has 0 spiro atoms. The lowest BCUT2D eigenvalue weighted by atomic mass is 9.83. The van der Waals surface area contributed by atoms with Crippen LogP contribution in [0.3, 0.4) is 0 Å². The van der Waals surface area contributed by atoms with Gasteiger partial charge in [0, 0.05) is 10.8 Å². The molecule has 46 heavy (non-hydrogen) atoms. The van der Waals surface area contributed by atoms with Crippen molar-refractivity contribution in [2.75, 3.05) is 0 Å². The summed E-state index contributed by atoms with van der Waals surface area (Å²) in [5.41, 5.74) is 5.61. The molecule has 0 fully saturated rings. The molecule has 1 heterocycles. The van der Waals surface area contributed by atoms with Crippen molar-refractivity contribution < 1.29 is 16.8 Å². The zero-order chi connectivity index (χ0) is 38.3. The van der Waals surface area contributed by atoms with Crippen molar-refractivity contribution in [3.63, 3.8) is 0 Å². The Labute approximate surface area is 280 Å². The molecule has 0 saturated carbocycles. The Kier molecular flexibility index (Phi) is 4.45. The lowest BCUT2D eigenvalue weighted by Crippen LogP contribution is -1.98. The highest BCUT2D eigenvalue weighted by atomic mass is 16.3. The van der Waals surface area contributed by atoms with Crippen LogP contribution in [0.2, 0.25) is 0 Å². The van der Waals surface area contributed by atoms with E-state index in [1.165, 1.54) is 0 Å². The summed E-state index contributed by atoms with van der Waals surface area (Å²) in [5, 5.41) is 5.06. The third-order valence-corrected chi connectivity index (χ3v) is 8.78. The van der Waals surface area contributed by atoms with Gasteiger partial charge in [-0.1, -0.05) is 151 Å². The van der Waals surface area contributed by atoms with Crippen molar-refractivity contribution in [3.8, 4) is 33.4 Å². The van der Waals surface area contributed by atoms with Crippen LogP contribution in [-0.2, 0) is 6.42 Å². The van der Waals surface area contributed by atoms with Gasteiger partial charge in [-0.3, -0.25) is 0 Å². The number of benzene rings is 8. The molecule has 1 aromatic heterocycles. The first-order valence-corrected chi connectivity index (χ1v) is 15.2. The predicted molar refractivity (Wildman–Crippen MR) is 194 cm³/mol. The summed E-state index contributed by atoms with van der Waals surface area (Å²) in [7, 11) is 0. The maximum Gasteiger partial charge on any atom is 0.136 e. The van der Waals surface area contributed by atoms with E-state index in [0.717, 1.165) is 43.4 Å². The molecule has 0 amide bonds. The largest absolute Gasteiger partial charge is 0.456 e. The average molecular weight is 596 g/mol. The van der Waals surface area contributed by atoms with Crippen LogP contribution < -0.4 is 0 Å². The summed E-state index contributed by atoms with van der Waals surface area (Å²) in [4.78, 5) is 0. The Morgan fingerprint density at radius 2 is 1.04 bits per heavy atom. The van der Waals surface area contributed by atoms with Gasteiger partial charge < -0.3 is 4.42 Å². The molecule has 0 radical (unpaired) electrons. The molecule has 0 atom stereocenters. The first kappa shape index (κ1) is 18.8. The van der Waals surface area contributed by atoms with Gasteiger partial charge in [-0.25, -0.2) is 0 Å². The van der Waals surface area contributed by atoms with Crippen LogP contribution in [-0.4, -0.2) is 0 Å². The monoisotopic (exact) mass is 595 g/mol. The SMILES string of the molecule is [2H]c1c([2H])c([2H])c(-c2cc3oc4ccccc4c3cc2-c2c3ccccc3c(Cc3c([2H])c([2H])c([2H])c([2H])c3-c3ccccc3)c3ccccc23)c([2H])c1[2H]. The van der Waals surface area contributed by atoms with Gasteiger partial charge in [0.1, 0.15) is 11.2 Å². The summed E-state index contributed by atoms with van der Waals surface area (Å²) in [6.45, 7) is 0. The van der Waals surface area contributed by atoms with E-state index in [1.54, 1.807) is 6.07 Å². The molecule has 9 rings (SSSR count). The zero-order valence-corrected chi connectivity index (χ0v) is 24.6. The Bertz CT molecular complexity index is 2970. The van der Waals surface area contributed by atoms with Crippen molar-refractivity contribution in [1.29, 1.82) is 0 Å². The maximum absolute atomic E-state index is 9.13. The predicted octanol–water partition coefficient (Wildman–Crippen LogP) is 12.5. The molecule has 1 heteroatoms. The highest BCUT2D eigenvalue weighted by Gasteiger charge is 2.21. The van der Waals surface area contributed by atoms with Crippen molar-refractivity contribution in [1.82, 2.24) is 0 Å². The number of hydrogen-bond acceptors (Lipinski definition) is 1. The Hall–Kier alpha value is -5.92. The molecule has 8 aromatic carbocycles. The fourth-order valence-electron chi connectivity index (χ4n) is 6.77. The molecule has 0 unspecified atom stereocenters. The molecular weight excluding hydrogens is 556 g/mol. The molecule has 216 valence electrons. The normalized spacial score (nSPS) is 14.3. The van der Waals surface area contributed by atoms with E-state index in [0.29, 0.717) is 39.0 Å². The van der Waals surface area contributed by atoms with E-state index in [4.69, 9.17) is 16.8 Å². The van der Waals surface area contributed by atoms with Crippen LogP contribution in [0.1, 0.15) is 23.5 Å². The Morgan fingerprint density at radius 3 is 1.78 bits per heavy atom. The summed E-state index contributed by atoms with van der Waals surface area (Å²) >= 11 is 0. The third-order valence-electron chi connectivity index (χ3n) is 8.78. The van der Waals surface area contributed by atoms with E-state index in [-0.39, 0.29) is 48.2 Å². The minimum Gasteiger partial charge on any atom is -0.456 e. The highest BCUT2D eigenvalue weighted by molar-refractivity contribution is 6.19. The topological polar surface area (TPSA) is 13.1 Å². The van der Waals surface area contributed by atoms with Crippen LogP contribution in [0.25, 0.3) is 76.9 Å². The molecule has 0 aliphatic heterocycles. The van der Waals surface area contributed by atoms with E-state index in [2.05, 4.69) is 0 Å². The molecule has 0 aliphatic rings. The number of para-hydroxylation sites is 1. The average Bonchev–Trinajstić information content (AvgIpc) is 3.58. The van der Waals surface area contributed by atoms with Crippen LogP contribution in [0, 0.1) is 0 Å². The fourth-order valence-corrected chi connectivity index (χ4v) is 6.77. The van der Waals surface area contributed by atoms with Crippen molar-refractivity contribution >= 4 is 43.5 Å². The number of furan rings is 1.